The van der Waals surface area contributed by atoms with Gasteiger partial charge in [-0.05, 0) is 6.92 Å². The van der Waals surface area contributed by atoms with E-state index in [1.54, 1.807) is 6.92 Å². The van der Waals surface area contributed by atoms with Crippen molar-refractivity contribution in [2.24, 2.45) is 0 Å². The van der Waals surface area contributed by atoms with Crippen LogP contribution in [0.25, 0.3) is 0 Å². The molecule has 0 saturated heterocycles. The molecule has 0 aliphatic heterocycles. The number of carbonyl (C=O) groups is 1. The number of rotatable bonds is 4. The molecule has 0 aliphatic carbocycles. The third kappa shape index (κ3) is 3.25. The van der Waals surface area contributed by atoms with E-state index in [1.165, 1.54) is 0 Å². The maximum absolute atomic E-state index is 10.2. The Labute approximate surface area is 91.0 Å². The van der Waals surface area contributed by atoms with Crippen molar-refractivity contribution in [2.45, 2.75) is 13.3 Å². The zero-order valence-electron chi connectivity index (χ0n) is 8.03. The fourth-order valence-electron chi connectivity index (χ4n) is 0.922. The van der Waals surface area contributed by atoms with Gasteiger partial charge in [-0.1, -0.05) is 11.6 Å². The summed E-state index contributed by atoms with van der Waals surface area (Å²) in [5.74, 6) is -0.290. The van der Waals surface area contributed by atoms with Crippen LogP contribution in [0.3, 0.4) is 0 Å². The molecule has 0 radical (unpaired) electrons. The SMILES string of the molecule is Cc1nc(N)c(OCCC(=O)O)c(Cl)n1. The second kappa shape index (κ2) is 4.79. The highest BCUT2D eigenvalue weighted by Gasteiger charge is 2.10. The smallest absolute Gasteiger partial charge is 0.306 e. The fourth-order valence-corrected chi connectivity index (χ4v) is 1.20. The summed E-state index contributed by atoms with van der Waals surface area (Å²) >= 11 is 5.75. The maximum Gasteiger partial charge on any atom is 0.306 e. The van der Waals surface area contributed by atoms with Gasteiger partial charge in [0.05, 0.1) is 13.0 Å². The number of nitrogens with two attached hydrogens (primary N) is 1. The van der Waals surface area contributed by atoms with Gasteiger partial charge < -0.3 is 15.6 Å². The summed E-state index contributed by atoms with van der Waals surface area (Å²) in [5, 5.41) is 8.49. The van der Waals surface area contributed by atoms with Gasteiger partial charge in [0.1, 0.15) is 5.82 Å². The number of anilines is 1. The summed E-state index contributed by atoms with van der Waals surface area (Å²) in [7, 11) is 0. The molecule has 15 heavy (non-hydrogen) atoms. The zero-order valence-corrected chi connectivity index (χ0v) is 8.78. The molecule has 0 unspecified atom stereocenters. The lowest BCUT2D eigenvalue weighted by atomic mass is 10.4. The van der Waals surface area contributed by atoms with E-state index in [0.717, 1.165) is 0 Å². The van der Waals surface area contributed by atoms with Crippen LogP contribution in [0.2, 0.25) is 5.15 Å². The van der Waals surface area contributed by atoms with Gasteiger partial charge in [-0.15, -0.1) is 0 Å². The van der Waals surface area contributed by atoms with Crippen LogP contribution in [0, 0.1) is 6.92 Å². The Balaban J connectivity index is 2.72. The van der Waals surface area contributed by atoms with E-state index in [-0.39, 0.29) is 29.7 Å². The van der Waals surface area contributed by atoms with Crippen LogP contribution < -0.4 is 10.5 Å². The van der Waals surface area contributed by atoms with E-state index in [2.05, 4.69) is 9.97 Å². The topological polar surface area (TPSA) is 98.3 Å². The van der Waals surface area contributed by atoms with Gasteiger partial charge in [-0.3, -0.25) is 4.79 Å². The Morgan fingerprint density at radius 3 is 2.80 bits per heavy atom. The molecule has 0 aliphatic rings. The van der Waals surface area contributed by atoms with Crippen molar-refractivity contribution >= 4 is 23.4 Å². The molecule has 0 aromatic carbocycles. The molecule has 0 bridgehead atoms. The molecule has 1 heterocycles. The lowest BCUT2D eigenvalue weighted by Crippen LogP contribution is -2.08. The monoisotopic (exact) mass is 231 g/mol. The number of nitrogen functional groups attached to an aromatic ring is 1. The quantitative estimate of drug-likeness (QED) is 0.747. The van der Waals surface area contributed by atoms with Gasteiger partial charge in [0, 0.05) is 0 Å². The maximum atomic E-state index is 10.2. The fraction of sp³-hybridized carbons (Fsp3) is 0.375. The minimum absolute atomic E-state index is 0.0221. The number of nitrogens with zero attached hydrogens (tertiary/aromatic N) is 2. The molecule has 1 aromatic rings. The first-order valence-corrected chi connectivity index (χ1v) is 4.52. The lowest BCUT2D eigenvalue weighted by Gasteiger charge is -2.08. The predicted octanol–water partition coefficient (Wildman–Crippen LogP) is 0.874. The Morgan fingerprint density at radius 1 is 1.60 bits per heavy atom. The number of halogens is 1. The number of hydrogen-bond donors (Lipinski definition) is 2. The number of carboxylic acid groups (broad SMARTS) is 1. The average Bonchev–Trinajstić information content (AvgIpc) is 2.08. The van der Waals surface area contributed by atoms with E-state index in [4.69, 9.17) is 27.2 Å². The third-order valence-corrected chi connectivity index (χ3v) is 1.78. The molecule has 0 amide bonds. The van der Waals surface area contributed by atoms with Gasteiger partial charge >= 0.3 is 5.97 Å². The molecular weight excluding hydrogens is 222 g/mol. The van der Waals surface area contributed by atoms with E-state index >= 15 is 0 Å². The van der Waals surface area contributed by atoms with E-state index in [1.807, 2.05) is 0 Å². The molecule has 6 nitrogen and oxygen atoms in total. The van der Waals surface area contributed by atoms with Crippen LogP contribution >= 0.6 is 11.6 Å². The first kappa shape index (κ1) is 11.5. The van der Waals surface area contributed by atoms with Crippen LogP contribution in [0.1, 0.15) is 12.2 Å². The molecule has 0 saturated carbocycles. The Morgan fingerprint density at radius 2 is 2.27 bits per heavy atom. The van der Waals surface area contributed by atoms with E-state index < -0.39 is 5.97 Å². The standard InChI is InChI=1S/C8H10ClN3O3/c1-4-11-7(9)6(8(10)12-4)15-3-2-5(13)14/h2-3H2,1H3,(H,13,14)(H2,10,11,12). The van der Waals surface area contributed by atoms with Gasteiger partial charge in [0.2, 0.25) is 0 Å². The summed E-state index contributed by atoms with van der Waals surface area (Å²) in [6.45, 7) is 1.62. The third-order valence-electron chi connectivity index (χ3n) is 1.52. The molecule has 0 spiro atoms. The lowest BCUT2D eigenvalue weighted by molar-refractivity contribution is -0.137. The van der Waals surface area contributed by atoms with Crippen molar-refractivity contribution in [3.8, 4) is 5.75 Å². The van der Waals surface area contributed by atoms with Crippen molar-refractivity contribution in [1.29, 1.82) is 0 Å². The Bertz CT molecular complexity index is 360. The minimum atomic E-state index is -0.960. The zero-order chi connectivity index (χ0) is 11.4. The molecule has 1 aromatic heterocycles. The molecule has 3 N–H and O–H groups in total. The van der Waals surface area contributed by atoms with E-state index in [9.17, 15) is 4.79 Å². The predicted molar refractivity (Wildman–Crippen MR) is 53.9 cm³/mol. The first-order valence-electron chi connectivity index (χ1n) is 4.15. The number of hydrogen-bond acceptors (Lipinski definition) is 5. The summed E-state index contributed by atoms with van der Waals surface area (Å²) in [6.07, 6.45) is -0.135. The number of aliphatic carboxylic acids is 1. The highest BCUT2D eigenvalue weighted by Crippen LogP contribution is 2.27. The van der Waals surface area contributed by atoms with Crippen LogP contribution in [0.15, 0.2) is 0 Å². The number of ether oxygens (including phenoxy) is 1. The Kier molecular flexibility index (Phi) is 3.68. The second-order valence-electron chi connectivity index (χ2n) is 2.77. The second-order valence-corrected chi connectivity index (χ2v) is 3.13. The van der Waals surface area contributed by atoms with Gasteiger partial charge in [0.15, 0.2) is 16.7 Å². The van der Waals surface area contributed by atoms with Crippen LogP contribution in [0.5, 0.6) is 5.75 Å². The molecule has 82 valence electrons. The number of aromatic nitrogens is 2. The highest BCUT2D eigenvalue weighted by atomic mass is 35.5. The highest BCUT2D eigenvalue weighted by molar-refractivity contribution is 6.31. The number of carboxylic acids is 1. The first-order chi connectivity index (χ1) is 7.00. The molecular formula is C8H10ClN3O3. The van der Waals surface area contributed by atoms with E-state index in [0.29, 0.717) is 5.82 Å². The van der Waals surface area contributed by atoms with Crippen molar-refractivity contribution in [2.75, 3.05) is 12.3 Å². The van der Waals surface area contributed by atoms with Crippen molar-refractivity contribution < 1.29 is 14.6 Å². The summed E-state index contributed by atoms with van der Waals surface area (Å²) < 4.78 is 5.07. The van der Waals surface area contributed by atoms with Crippen LogP contribution in [-0.4, -0.2) is 27.7 Å². The van der Waals surface area contributed by atoms with Gasteiger partial charge in [-0.25, -0.2) is 9.97 Å². The molecule has 1 rings (SSSR count). The van der Waals surface area contributed by atoms with Gasteiger partial charge in [-0.2, -0.15) is 0 Å². The summed E-state index contributed by atoms with van der Waals surface area (Å²) in [6, 6.07) is 0. The largest absolute Gasteiger partial charge is 0.486 e. The summed E-state index contributed by atoms with van der Waals surface area (Å²) in [5.41, 5.74) is 5.53. The van der Waals surface area contributed by atoms with Crippen molar-refractivity contribution in [1.82, 2.24) is 9.97 Å². The van der Waals surface area contributed by atoms with Crippen molar-refractivity contribution in [3.63, 3.8) is 0 Å². The number of aryl methyl sites for hydroxylation is 1. The Hall–Kier alpha value is -1.56. The van der Waals surface area contributed by atoms with Gasteiger partial charge in [0.25, 0.3) is 0 Å². The summed E-state index contributed by atoms with van der Waals surface area (Å²) in [4.78, 5) is 17.9. The van der Waals surface area contributed by atoms with Crippen LogP contribution in [0.4, 0.5) is 5.82 Å². The van der Waals surface area contributed by atoms with Crippen molar-refractivity contribution in [3.05, 3.63) is 11.0 Å². The van der Waals surface area contributed by atoms with Crippen LogP contribution in [-0.2, 0) is 4.79 Å². The molecule has 0 fully saturated rings. The minimum Gasteiger partial charge on any atom is -0.486 e. The average molecular weight is 232 g/mol. The molecule has 0 atom stereocenters. The molecule has 7 heteroatoms. The normalized spacial score (nSPS) is 10.0.